The number of methoxy groups -OCH3 is 1. The van der Waals surface area contributed by atoms with Crippen LogP contribution in [0, 0.1) is 0 Å². The standard InChI is InChI=1S/C13H18O5/c1-8(2)18-10-6-4-9(5-7-10)11(14)12(15)13(16)17-3/h4-8,11-12,14-15H,1-3H3. The topological polar surface area (TPSA) is 76.0 Å². The lowest BCUT2D eigenvalue weighted by Gasteiger charge is -2.16. The molecule has 0 aromatic heterocycles. The van der Waals surface area contributed by atoms with E-state index in [2.05, 4.69) is 4.74 Å². The first-order chi connectivity index (χ1) is 8.45. The highest BCUT2D eigenvalue weighted by Gasteiger charge is 2.26. The van der Waals surface area contributed by atoms with E-state index < -0.39 is 18.2 Å². The van der Waals surface area contributed by atoms with Crippen LogP contribution < -0.4 is 4.74 Å². The third-order valence-electron chi connectivity index (χ3n) is 2.34. The van der Waals surface area contributed by atoms with Gasteiger partial charge in [-0.3, -0.25) is 0 Å². The van der Waals surface area contributed by atoms with Gasteiger partial charge in [-0.05, 0) is 31.5 Å². The van der Waals surface area contributed by atoms with Crippen molar-refractivity contribution in [3.63, 3.8) is 0 Å². The van der Waals surface area contributed by atoms with Gasteiger partial charge in [-0.15, -0.1) is 0 Å². The highest BCUT2D eigenvalue weighted by molar-refractivity contribution is 5.75. The van der Waals surface area contributed by atoms with Crippen molar-refractivity contribution in [2.75, 3.05) is 7.11 Å². The number of benzene rings is 1. The van der Waals surface area contributed by atoms with Gasteiger partial charge in [-0.25, -0.2) is 4.79 Å². The van der Waals surface area contributed by atoms with Gasteiger partial charge in [0.2, 0.25) is 0 Å². The van der Waals surface area contributed by atoms with Gasteiger partial charge in [-0.2, -0.15) is 0 Å². The Balaban J connectivity index is 2.75. The lowest BCUT2D eigenvalue weighted by Crippen LogP contribution is -2.28. The summed E-state index contributed by atoms with van der Waals surface area (Å²) in [6.45, 7) is 3.81. The molecule has 18 heavy (non-hydrogen) atoms. The maximum absolute atomic E-state index is 11.1. The summed E-state index contributed by atoms with van der Waals surface area (Å²) < 4.78 is 9.80. The molecule has 5 nitrogen and oxygen atoms in total. The van der Waals surface area contributed by atoms with E-state index in [9.17, 15) is 15.0 Å². The number of hydrogen-bond donors (Lipinski definition) is 2. The summed E-state index contributed by atoms with van der Waals surface area (Å²) in [5.74, 6) is -0.210. The third kappa shape index (κ3) is 3.72. The number of aliphatic hydroxyl groups is 2. The van der Waals surface area contributed by atoms with Crippen LogP contribution in [-0.4, -0.2) is 35.5 Å². The summed E-state index contributed by atoms with van der Waals surface area (Å²) in [6, 6.07) is 6.52. The second-order valence-electron chi connectivity index (χ2n) is 4.15. The Hall–Kier alpha value is -1.59. The second kappa shape index (κ2) is 6.37. The highest BCUT2D eigenvalue weighted by atomic mass is 16.5. The number of hydrogen-bond acceptors (Lipinski definition) is 5. The molecular weight excluding hydrogens is 236 g/mol. The summed E-state index contributed by atoms with van der Waals surface area (Å²) in [6.07, 6.45) is -2.85. The minimum Gasteiger partial charge on any atom is -0.491 e. The fourth-order valence-electron chi connectivity index (χ4n) is 1.45. The molecule has 1 aromatic carbocycles. The summed E-state index contributed by atoms with van der Waals surface area (Å²) in [7, 11) is 1.15. The summed E-state index contributed by atoms with van der Waals surface area (Å²) in [5, 5.41) is 19.3. The fourth-order valence-corrected chi connectivity index (χ4v) is 1.45. The smallest absolute Gasteiger partial charge is 0.337 e. The first kappa shape index (κ1) is 14.5. The quantitative estimate of drug-likeness (QED) is 0.768. The van der Waals surface area contributed by atoms with Gasteiger partial charge in [0.05, 0.1) is 13.2 Å². The molecule has 2 unspecified atom stereocenters. The SMILES string of the molecule is COC(=O)C(O)C(O)c1ccc(OC(C)C)cc1. The molecule has 2 N–H and O–H groups in total. The summed E-state index contributed by atoms with van der Waals surface area (Å²) in [5.41, 5.74) is 0.420. The van der Waals surface area contributed by atoms with Crippen molar-refractivity contribution in [3.8, 4) is 5.75 Å². The monoisotopic (exact) mass is 254 g/mol. The minimum absolute atomic E-state index is 0.0569. The first-order valence-electron chi connectivity index (χ1n) is 5.66. The fraction of sp³-hybridized carbons (Fsp3) is 0.462. The molecule has 1 aromatic rings. The Bertz CT molecular complexity index is 385. The largest absolute Gasteiger partial charge is 0.491 e. The Morgan fingerprint density at radius 2 is 1.72 bits per heavy atom. The van der Waals surface area contributed by atoms with Crippen molar-refractivity contribution in [2.24, 2.45) is 0 Å². The van der Waals surface area contributed by atoms with E-state index in [4.69, 9.17) is 4.74 Å². The highest BCUT2D eigenvalue weighted by Crippen LogP contribution is 2.21. The number of aliphatic hydroxyl groups excluding tert-OH is 2. The molecule has 0 amide bonds. The Labute approximate surface area is 106 Å². The Morgan fingerprint density at radius 1 is 1.17 bits per heavy atom. The van der Waals surface area contributed by atoms with Gasteiger partial charge in [-0.1, -0.05) is 12.1 Å². The maximum Gasteiger partial charge on any atom is 0.337 e. The van der Waals surface area contributed by atoms with E-state index >= 15 is 0 Å². The lowest BCUT2D eigenvalue weighted by molar-refractivity contribution is -0.156. The van der Waals surface area contributed by atoms with Gasteiger partial charge in [0.25, 0.3) is 0 Å². The maximum atomic E-state index is 11.1. The minimum atomic E-state index is -1.59. The third-order valence-corrected chi connectivity index (χ3v) is 2.34. The summed E-state index contributed by atoms with van der Waals surface area (Å²) in [4.78, 5) is 11.1. The van der Waals surface area contributed by atoms with Crippen molar-refractivity contribution in [2.45, 2.75) is 32.2 Å². The number of rotatable bonds is 5. The van der Waals surface area contributed by atoms with Gasteiger partial charge in [0, 0.05) is 0 Å². The molecule has 0 saturated carbocycles. The van der Waals surface area contributed by atoms with Crippen LogP contribution in [0.3, 0.4) is 0 Å². The molecule has 2 atom stereocenters. The molecule has 0 fully saturated rings. The van der Waals surface area contributed by atoms with Crippen LogP contribution in [0.5, 0.6) is 5.75 Å². The average Bonchev–Trinajstić information content (AvgIpc) is 2.36. The molecule has 0 heterocycles. The van der Waals surface area contributed by atoms with Crippen LogP contribution in [0.25, 0.3) is 0 Å². The predicted molar refractivity (Wildman–Crippen MR) is 65.2 cm³/mol. The molecule has 0 radical (unpaired) electrons. The molecule has 1 rings (SSSR count). The number of ether oxygens (including phenoxy) is 2. The zero-order valence-electron chi connectivity index (χ0n) is 10.7. The van der Waals surface area contributed by atoms with E-state index in [1.165, 1.54) is 0 Å². The number of carbonyl (C=O) groups excluding carboxylic acids is 1. The van der Waals surface area contributed by atoms with Crippen molar-refractivity contribution in [1.82, 2.24) is 0 Å². The first-order valence-corrected chi connectivity index (χ1v) is 5.66. The molecule has 0 aliphatic rings. The molecular formula is C13H18O5. The van der Waals surface area contributed by atoms with Crippen LogP contribution in [0.1, 0.15) is 25.5 Å². The number of carbonyl (C=O) groups is 1. The molecule has 5 heteroatoms. The Morgan fingerprint density at radius 3 is 2.17 bits per heavy atom. The summed E-state index contributed by atoms with van der Waals surface area (Å²) >= 11 is 0. The molecule has 0 aliphatic carbocycles. The predicted octanol–water partition coefficient (Wildman–Crippen LogP) is 1.04. The number of esters is 1. The van der Waals surface area contributed by atoms with Crippen molar-refractivity contribution < 1.29 is 24.5 Å². The zero-order chi connectivity index (χ0) is 13.7. The molecule has 0 bridgehead atoms. The van der Waals surface area contributed by atoms with Crippen LogP contribution in [0.4, 0.5) is 0 Å². The molecule has 0 spiro atoms. The van der Waals surface area contributed by atoms with E-state index in [1.54, 1.807) is 24.3 Å². The second-order valence-corrected chi connectivity index (χ2v) is 4.15. The van der Waals surface area contributed by atoms with Crippen molar-refractivity contribution >= 4 is 5.97 Å². The van der Waals surface area contributed by atoms with E-state index in [0.29, 0.717) is 11.3 Å². The van der Waals surface area contributed by atoms with Gasteiger partial charge >= 0.3 is 5.97 Å². The average molecular weight is 254 g/mol. The zero-order valence-corrected chi connectivity index (χ0v) is 10.7. The lowest BCUT2D eigenvalue weighted by atomic mass is 10.0. The van der Waals surface area contributed by atoms with E-state index in [-0.39, 0.29) is 6.10 Å². The van der Waals surface area contributed by atoms with Gasteiger partial charge < -0.3 is 19.7 Å². The van der Waals surface area contributed by atoms with Gasteiger partial charge in [0.1, 0.15) is 11.9 Å². The Kier molecular flexibility index (Phi) is 5.12. The van der Waals surface area contributed by atoms with Crippen molar-refractivity contribution in [3.05, 3.63) is 29.8 Å². The molecule has 0 aliphatic heterocycles. The van der Waals surface area contributed by atoms with Crippen molar-refractivity contribution in [1.29, 1.82) is 0 Å². The van der Waals surface area contributed by atoms with Crippen LogP contribution in [0.2, 0.25) is 0 Å². The van der Waals surface area contributed by atoms with Gasteiger partial charge in [0.15, 0.2) is 6.10 Å². The molecule has 0 saturated heterocycles. The van der Waals surface area contributed by atoms with Crippen LogP contribution in [-0.2, 0) is 9.53 Å². The van der Waals surface area contributed by atoms with E-state index in [1.807, 2.05) is 13.8 Å². The molecule has 100 valence electrons. The van der Waals surface area contributed by atoms with Crippen LogP contribution in [0.15, 0.2) is 24.3 Å². The van der Waals surface area contributed by atoms with Crippen LogP contribution >= 0.6 is 0 Å². The normalized spacial score (nSPS) is 14.1. The van der Waals surface area contributed by atoms with E-state index in [0.717, 1.165) is 7.11 Å².